The molecule has 0 aliphatic rings. The molecule has 1 heterocycles. The van der Waals surface area contributed by atoms with Gasteiger partial charge < -0.3 is 14.0 Å². The Bertz CT molecular complexity index is 1280. The van der Waals surface area contributed by atoms with Gasteiger partial charge in [-0.05, 0) is 55.5 Å². The van der Waals surface area contributed by atoms with E-state index < -0.39 is 0 Å². The summed E-state index contributed by atoms with van der Waals surface area (Å²) in [6, 6.07) is 21.3. The molecule has 0 amide bonds. The number of rotatable bonds is 7. The minimum atomic E-state index is 0.581. The van der Waals surface area contributed by atoms with Crippen molar-refractivity contribution in [2.24, 2.45) is 4.99 Å². The molecule has 0 unspecified atom stereocenters. The number of hydrogen-bond acceptors (Lipinski definition) is 4. The number of benzene rings is 3. The molecule has 0 saturated heterocycles. The lowest BCUT2D eigenvalue weighted by molar-refractivity contribution is 0.340. The largest absolute Gasteiger partial charge is 0.496 e. The van der Waals surface area contributed by atoms with E-state index >= 15 is 0 Å². The molecule has 0 atom stereocenters. The predicted molar refractivity (Wildman–Crippen MR) is 133 cm³/mol. The lowest BCUT2D eigenvalue weighted by atomic mass is 10.1. The molecule has 0 radical (unpaired) electrons. The second-order valence-corrected chi connectivity index (χ2v) is 8.64. The molecule has 0 aliphatic heterocycles. The molecule has 0 fully saturated rings. The molecule has 0 saturated carbocycles. The maximum absolute atomic E-state index is 6.55. The van der Waals surface area contributed by atoms with Crippen molar-refractivity contribution in [1.29, 1.82) is 0 Å². The molecular weight excluding hydrogens is 463 g/mol. The summed E-state index contributed by atoms with van der Waals surface area (Å²) in [5, 5.41) is 3.26. The second-order valence-electron chi connectivity index (χ2n) is 6.96. The predicted octanol–water partition coefficient (Wildman–Crippen LogP) is 7.21. The molecule has 3 aromatic carbocycles. The van der Waals surface area contributed by atoms with Gasteiger partial charge in [-0.15, -0.1) is 11.3 Å². The van der Waals surface area contributed by atoms with E-state index in [0.717, 1.165) is 38.8 Å². The maximum atomic E-state index is 6.55. The van der Waals surface area contributed by atoms with Gasteiger partial charge in [-0.3, -0.25) is 0 Å². The Morgan fingerprint density at radius 1 is 1.00 bits per heavy atom. The van der Waals surface area contributed by atoms with Gasteiger partial charge in [0, 0.05) is 21.5 Å². The smallest absolute Gasteiger partial charge is 0.190 e. The Labute approximate surface area is 201 Å². The molecule has 1 aromatic heterocycles. The number of thiazole rings is 1. The van der Waals surface area contributed by atoms with E-state index in [-0.39, 0.29) is 0 Å². The fourth-order valence-corrected chi connectivity index (χ4v) is 4.81. The average molecular weight is 485 g/mol. The van der Waals surface area contributed by atoms with Gasteiger partial charge in [-0.2, -0.15) is 0 Å². The zero-order valence-electron chi connectivity index (χ0n) is 17.7. The molecule has 7 heteroatoms. The number of halogens is 2. The van der Waals surface area contributed by atoms with Gasteiger partial charge in [-0.1, -0.05) is 41.4 Å². The van der Waals surface area contributed by atoms with Crippen LogP contribution in [0.15, 0.2) is 77.1 Å². The molecule has 164 valence electrons. The van der Waals surface area contributed by atoms with Gasteiger partial charge >= 0.3 is 0 Å². The SMILES string of the molecule is CCOc1ccc(N=c2scc(-c3ccc(Cl)cc3Cl)n2Cc2ccccc2OC)cc1. The molecule has 4 rings (SSSR count). The van der Waals surface area contributed by atoms with E-state index in [1.54, 1.807) is 24.5 Å². The first kappa shape index (κ1) is 22.5. The van der Waals surface area contributed by atoms with Crippen LogP contribution >= 0.6 is 34.5 Å². The van der Waals surface area contributed by atoms with E-state index in [4.69, 9.17) is 37.7 Å². The van der Waals surface area contributed by atoms with Gasteiger partial charge in [0.25, 0.3) is 0 Å². The maximum Gasteiger partial charge on any atom is 0.190 e. The van der Waals surface area contributed by atoms with Crippen molar-refractivity contribution < 1.29 is 9.47 Å². The first-order valence-corrected chi connectivity index (χ1v) is 11.8. The van der Waals surface area contributed by atoms with Crippen molar-refractivity contribution in [2.75, 3.05) is 13.7 Å². The molecule has 4 nitrogen and oxygen atoms in total. The lowest BCUT2D eigenvalue weighted by Crippen LogP contribution is -2.17. The summed E-state index contributed by atoms with van der Waals surface area (Å²) in [5.74, 6) is 1.65. The van der Waals surface area contributed by atoms with Crippen molar-refractivity contribution in [2.45, 2.75) is 13.5 Å². The third-order valence-electron chi connectivity index (χ3n) is 4.90. The Morgan fingerprint density at radius 2 is 1.78 bits per heavy atom. The quantitative estimate of drug-likeness (QED) is 0.277. The first-order valence-electron chi connectivity index (χ1n) is 10.1. The van der Waals surface area contributed by atoms with Crippen LogP contribution in [0.25, 0.3) is 11.3 Å². The van der Waals surface area contributed by atoms with Gasteiger partial charge in [0.05, 0.1) is 36.7 Å². The van der Waals surface area contributed by atoms with Crippen molar-refractivity contribution in [3.8, 4) is 22.8 Å². The van der Waals surface area contributed by atoms with Crippen molar-refractivity contribution in [3.63, 3.8) is 0 Å². The highest BCUT2D eigenvalue weighted by molar-refractivity contribution is 7.07. The highest BCUT2D eigenvalue weighted by Crippen LogP contribution is 2.32. The van der Waals surface area contributed by atoms with Gasteiger partial charge in [0.15, 0.2) is 4.80 Å². The number of nitrogens with zero attached hydrogens (tertiary/aromatic N) is 2. The molecule has 4 aromatic rings. The van der Waals surface area contributed by atoms with E-state index in [2.05, 4.69) is 16.0 Å². The first-order chi connectivity index (χ1) is 15.6. The summed E-state index contributed by atoms with van der Waals surface area (Å²) >= 11 is 14.2. The van der Waals surface area contributed by atoms with Crippen LogP contribution in [-0.4, -0.2) is 18.3 Å². The van der Waals surface area contributed by atoms with Gasteiger partial charge in [0.1, 0.15) is 11.5 Å². The number of ether oxygens (including phenoxy) is 2. The monoisotopic (exact) mass is 484 g/mol. The zero-order valence-corrected chi connectivity index (χ0v) is 20.0. The summed E-state index contributed by atoms with van der Waals surface area (Å²) in [6.07, 6.45) is 0. The molecule has 32 heavy (non-hydrogen) atoms. The summed E-state index contributed by atoms with van der Waals surface area (Å²) in [6.45, 7) is 3.18. The third-order valence-corrected chi connectivity index (χ3v) is 6.31. The average Bonchev–Trinajstić information content (AvgIpc) is 3.17. The summed E-state index contributed by atoms with van der Waals surface area (Å²) < 4.78 is 13.3. The Kier molecular flexibility index (Phi) is 7.20. The van der Waals surface area contributed by atoms with E-state index in [9.17, 15) is 0 Å². The number of methoxy groups -OCH3 is 1. The summed E-state index contributed by atoms with van der Waals surface area (Å²) in [4.78, 5) is 5.75. The molecule has 0 aliphatic carbocycles. The number of para-hydroxylation sites is 1. The second kappa shape index (κ2) is 10.3. The van der Waals surface area contributed by atoms with Crippen LogP contribution in [0.3, 0.4) is 0 Å². The Balaban J connectivity index is 1.84. The van der Waals surface area contributed by atoms with Crippen LogP contribution in [0.4, 0.5) is 5.69 Å². The molecule has 0 spiro atoms. The minimum Gasteiger partial charge on any atom is -0.496 e. The van der Waals surface area contributed by atoms with Crippen LogP contribution in [0.5, 0.6) is 11.5 Å². The Morgan fingerprint density at radius 3 is 2.50 bits per heavy atom. The third kappa shape index (κ3) is 5.01. The number of hydrogen-bond donors (Lipinski definition) is 0. The van der Waals surface area contributed by atoms with Gasteiger partial charge in [-0.25, -0.2) is 4.99 Å². The van der Waals surface area contributed by atoms with Crippen LogP contribution in [-0.2, 0) is 6.54 Å². The van der Waals surface area contributed by atoms with E-state index in [1.807, 2.05) is 61.5 Å². The lowest BCUT2D eigenvalue weighted by Gasteiger charge is -2.13. The van der Waals surface area contributed by atoms with Crippen LogP contribution < -0.4 is 14.3 Å². The van der Waals surface area contributed by atoms with Crippen LogP contribution in [0.1, 0.15) is 12.5 Å². The summed E-state index contributed by atoms with van der Waals surface area (Å²) in [5.41, 5.74) is 3.76. The van der Waals surface area contributed by atoms with E-state index in [0.29, 0.717) is 23.2 Å². The fraction of sp³-hybridized carbons (Fsp3) is 0.160. The highest BCUT2D eigenvalue weighted by atomic mass is 35.5. The summed E-state index contributed by atoms with van der Waals surface area (Å²) in [7, 11) is 1.68. The minimum absolute atomic E-state index is 0.581. The van der Waals surface area contributed by atoms with Crippen molar-refractivity contribution in [3.05, 3.63) is 92.5 Å². The van der Waals surface area contributed by atoms with Crippen LogP contribution in [0.2, 0.25) is 10.0 Å². The molecular formula is C25H22Cl2N2O2S. The highest BCUT2D eigenvalue weighted by Gasteiger charge is 2.14. The van der Waals surface area contributed by atoms with Crippen LogP contribution in [0, 0.1) is 0 Å². The Hall–Kier alpha value is -2.73. The van der Waals surface area contributed by atoms with E-state index in [1.165, 1.54) is 0 Å². The normalized spacial score (nSPS) is 11.6. The number of aromatic nitrogens is 1. The molecule has 0 bridgehead atoms. The standard InChI is InChI=1S/C25H22Cl2N2O2S/c1-3-31-20-11-9-19(10-12-20)28-25-29(15-17-6-4-5-7-24(17)30-2)23(16-32-25)21-13-8-18(26)14-22(21)27/h4-14,16H,3,15H2,1-2H3. The molecule has 0 N–H and O–H groups in total. The van der Waals surface area contributed by atoms with Gasteiger partial charge in [0.2, 0.25) is 0 Å². The topological polar surface area (TPSA) is 35.8 Å². The van der Waals surface area contributed by atoms with Crippen molar-refractivity contribution in [1.82, 2.24) is 4.57 Å². The fourth-order valence-electron chi connectivity index (χ4n) is 3.38. The van der Waals surface area contributed by atoms with Crippen molar-refractivity contribution >= 4 is 40.2 Å². The zero-order chi connectivity index (χ0) is 22.5.